The van der Waals surface area contributed by atoms with E-state index in [4.69, 9.17) is 5.14 Å². The molecule has 0 aliphatic carbocycles. The fraction of sp³-hybridized carbons (Fsp3) is 0.125. The molecule has 0 amide bonds. The third kappa shape index (κ3) is 4.19. The van der Waals surface area contributed by atoms with Gasteiger partial charge in [-0.1, -0.05) is 59.7 Å². The minimum absolute atomic E-state index is 0.0615. The molecule has 0 atom stereocenters. The zero-order valence-corrected chi connectivity index (χ0v) is 18.3. The number of benzene rings is 3. The van der Waals surface area contributed by atoms with E-state index < -0.39 is 16.4 Å². The number of alkyl halides is 2. The lowest BCUT2D eigenvalue weighted by atomic mass is 9.97. The van der Waals surface area contributed by atoms with Gasteiger partial charge in [-0.25, -0.2) is 27.0 Å². The van der Waals surface area contributed by atoms with Crippen LogP contribution in [0, 0.1) is 13.8 Å². The minimum Gasteiger partial charge on any atom is -0.232 e. The monoisotopic (exact) mass is 453 g/mol. The van der Waals surface area contributed by atoms with Crippen LogP contribution in [0.3, 0.4) is 0 Å². The molecule has 4 rings (SSSR count). The van der Waals surface area contributed by atoms with Crippen LogP contribution in [0.25, 0.3) is 28.1 Å². The molecule has 5 nitrogen and oxygen atoms in total. The number of nitrogens with two attached hydrogens (primary N) is 1. The Kier molecular flexibility index (Phi) is 5.66. The average Bonchev–Trinajstić information content (AvgIpc) is 3.15. The van der Waals surface area contributed by atoms with E-state index in [2.05, 4.69) is 5.10 Å². The number of primary sulfonamides is 1. The Morgan fingerprint density at radius 2 is 1.31 bits per heavy atom. The second kappa shape index (κ2) is 8.29. The quantitative estimate of drug-likeness (QED) is 0.439. The van der Waals surface area contributed by atoms with Gasteiger partial charge in [0.25, 0.3) is 6.43 Å². The predicted octanol–water partition coefficient (Wildman–Crippen LogP) is 5.41. The van der Waals surface area contributed by atoms with E-state index in [0.29, 0.717) is 28.1 Å². The smallest absolute Gasteiger partial charge is 0.232 e. The summed E-state index contributed by atoms with van der Waals surface area (Å²) in [5.41, 5.74) is 4.15. The summed E-state index contributed by atoms with van der Waals surface area (Å²) < 4.78 is 53.1. The van der Waals surface area contributed by atoms with Gasteiger partial charge in [-0.15, -0.1) is 0 Å². The van der Waals surface area contributed by atoms with Crippen LogP contribution in [0.2, 0.25) is 0 Å². The maximum Gasteiger partial charge on any atom is 0.282 e. The van der Waals surface area contributed by atoms with Gasteiger partial charge in [0.15, 0.2) is 0 Å². The lowest BCUT2D eigenvalue weighted by Gasteiger charge is -2.12. The highest BCUT2D eigenvalue weighted by molar-refractivity contribution is 7.89. The van der Waals surface area contributed by atoms with Gasteiger partial charge in [0.05, 0.1) is 16.3 Å². The number of nitrogens with zero attached hydrogens (tertiary/aromatic N) is 2. The van der Waals surface area contributed by atoms with Crippen molar-refractivity contribution in [3.63, 3.8) is 0 Å². The molecule has 32 heavy (non-hydrogen) atoms. The molecule has 0 radical (unpaired) electrons. The van der Waals surface area contributed by atoms with Crippen molar-refractivity contribution in [2.45, 2.75) is 25.2 Å². The topological polar surface area (TPSA) is 78.0 Å². The first-order chi connectivity index (χ1) is 15.1. The summed E-state index contributed by atoms with van der Waals surface area (Å²) in [7, 11) is -3.89. The fourth-order valence-electron chi connectivity index (χ4n) is 3.53. The Bertz CT molecular complexity index is 1360. The van der Waals surface area contributed by atoms with Gasteiger partial charge in [0, 0.05) is 11.1 Å². The summed E-state index contributed by atoms with van der Waals surface area (Å²) in [5.74, 6) is 0. The summed E-state index contributed by atoms with van der Waals surface area (Å²) in [6.07, 6.45) is -2.81. The van der Waals surface area contributed by atoms with Crippen LogP contribution in [0.15, 0.2) is 77.7 Å². The molecule has 4 aromatic rings. The number of aromatic nitrogens is 2. The number of aryl methyl sites for hydroxylation is 2. The van der Waals surface area contributed by atoms with E-state index in [1.54, 1.807) is 36.4 Å². The van der Waals surface area contributed by atoms with Crippen molar-refractivity contribution in [1.29, 1.82) is 0 Å². The molecule has 2 N–H and O–H groups in total. The molecule has 164 valence electrons. The van der Waals surface area contributed by atoms with Gasteiger partial charge >= 0.3 is 0 Å². The van der Waals surface area contributed by atoms with Crippen LogP contribution in [-0.4, -0.2) is 18.2 Å². The van der Waals surface area contributed by atoms with E-state index >= 15 is 0 Å². The molecule has 1 heterocycles. The molecular formula is C24H21F2N3O2S. The van der Waals surface area contributed by atoms with Crippen LogP contribution >= 0.6 is 0 Å². The largest absolute Gasteiger partial charge is 0.282 e. The molecule has 0 saturated carbocycles. The van der Waals surface area contributed by atoms with Gasteiger partial charge < -0.3 is 0 Å². The summed E-state index contributed by atoms with van der Waals surface area (Å²) >= 11 is 0. The molecule has 0 saturated heterocycles. The van der Waals surface area contributed by atoms with Crippen molar-refractivity contribution in [2.24, 2.45) is 5.14 Å². The molecule has 0 aliphatic rings. The summed E-state index contributed by atoms with van der Waals surface area (Å²) in [6.45, 7) is 3.85. The fourth-order valence-corrected chi connectivity index (χ4v) is 4.05. The maximum atomic E-state index is 14.1. The first kappa shape index (κ1) is 21.9. The molecule has 0 spiro atoms. The van der Waals surface area contributed by atoms with Crippen molar-refractivity contribution < 1.29 is 17.2 Å². The predicted molar refractivity (Wildman–Crippen MR) is 120 cm³/mol. The minimum atomic E-state index is -3.89. The van der Waals surface area contributed by atoms with Crippen molar-refractivity contribution in [1.82, 2.24) is 9.78 Å². The van der Waals surface area contributed by atoms with E-state index in [0.717, 1.165) is 11.1 Å². The molecule has 8 heteroatoms. The van der Waals surface area contributed by atoms with Gasteiger partial charge in [-0.3, -0.25) is 0 Å². The molecule has 0 fully saturated rings. The van der Waals surface area contributed by atoms with Gasteiger partial charge in [0.1, 0.15) is 5.69 Å². The Morgan fingerprint density at radius 1 is 0.812 bits per heavy atom. The van der Waals surface area contributed by atoms with Crippen molar-refractivity contribution >= 4 is 10.0 Å². The van der Waals surface area contributed by atoms with Gasteiger partial charge in [0.2, 0.25) is 10.0 Å². The second-order valence-corrected chi connectivity index (χ2v) is 9.15. The van der Waals surface area contributed by atoms with E-state index in [1.807, 2.05) is 38.1 Å². The van der Waals surface area contributed by atoms with Crippen LogP contribution in [0.1, 0.15) is 23.2 Å². The first-order valence-corrected chi connectivity index (χ1v) is 11.4. The van der Waals surface area contributed by atoms with Crippen molar-refractivity contribution in [2.75, 3.05) is 0 Å². The average molecular weight is 454 g/mol. The summed E-state index contributed by atoms with van der Waals surface area (Å²) in [5, 5.41) is 9.49. The van der Waals surface area contributed by atoms with Crippen LogP contribution in [0.4, 0.5) is 8.78 Å². The number of hydrogen-bond acceptors (Lipinski definition) is 3. The van der Waals surface area contributed by atoms with E-state index in [1.165, 1.54) is 16.8 Å². The Hall–Kier alpha value is -3.36. The zero-order chi connectivity index (χ0) is 23.0. The maximum absolute atomic E-state index is 14.1. The highest BCUT2D eigenvalue weighted by atomic mass is 32.2. The second-order valence-electron chi connectivity index (χ2n) is 7.59. The Morgan fingerprint density at radius 3 is 1.81 bits per heavy atom. The standard InChI is InChI=1S/C24H21F2N3O2S/c1-15-3-7-17(8-4-15)21-22(24(25)26)28-29(19-11-5-16(2)6-12-19)23(21)18-9-13-20(14-10-18)32(27,30)31/h3-14,24H,1-2H3,(H2,27,30,31). The molecule has 3 aromatic carbocycles. The highest BCUT2D eigenvalue weighted by Crippen LogP contribution is 2.40. The third-order valence-corrected chi connectivity index (χ3v) is 6.12. The molecule has 1 aromatic heterocycles. The van der Waals surface area contributed by atoms with E-state index in [9.17, 15) is 17.2 Å². The van der Waals surface area contributed by atoms with Crippen LogP contribution < -0.4 is 5.14 Å². The number of sulfonamides is 1. The number of halogens is 2. The number of hydrogen-bond donors (Lipinski definition) is 1. The van der Waals surface area contributed by atoms with Gasteiger partial charge in [-0.2, -0.15) is 5.10 Å². The van der Waals surface area contributed by atoms with E-state index in [-0.39, 0.29) is 10.6 Å². The molecule has 0 aliphatic heterocycles. The normalized spacial score (nSPS) is 11.8. The van der Waals surface area contributed by atoms with Crippen molar-refractivity contribution in [3.05, 3.63) is 89.6 Å². The van der Waals surface area contributed by atoms with Gasteiger partial charge in [-0.05, 0) is 43.7 Å². The van der Waals surface area contributed by atoms with Crippen LogP contribution in [-0.2, 0) is 10.0 Å². The summed E-state index contributed by atoms with van der Waals surface area (Å²) in [4.78, 5) is -0.0615. The van der Waals surface area contributed by atoms with Crippen molar-refractivity contribution in [3.8, 4) is 28.1 Å². The third-order valence-electron chi connectivity index (χ3n) is 5.19. The lowest BCUT2D eigenvalue weighted by Crippen LogP contribution is -2.11. The Balaban J connectivity index is 2.04. The molecule has 0 unspecified atom stereocenters. The van der Waals surface area contributed by atoms with Crippen LogP contribution in [0.5, 0.6) is 0 Å². The zero-order valence-electron chi connectivity index (χ0n) is 17.5. The molecular weight excluding hydrogens is 432 g/mol. The SMILES string of the molecule is Cc1ccc(-c2c(C(F)F)nn(-c3ccc(C)cc3)c2-c2ccc(S(N)(=O)=O)cc2)cc1. The Labute approximate surface area is 185 Å². The molecule has 0 bridgehead atoms. The first-order valence-electron chi connectivity index (χ1n) is 9.83. The lowest BCUT2D eigenvalue weighted by molar-refractivity contribution is 0.146. The highest BCUT2D eigenvalue weighted by Gasteiger charge is 2.27. The number of rotatable bonds is 5. The summed E-state index contributed by atoms with van der Waals surface area (Å²) in [6, 6.07) is 20.4.